The highest BCUT2D eigenvalue weighted by atomic mass is 16.5. The Hall–Kier alpha value is -0.860. The minimum absolute atomic E-state index is 0.454. The third kappa shape index (κ3) is 2.56. The molecule has 0 aromatic heterocycles. The third-order valence-corrected chi connectivity index (χ3v) is 4.99. The topological polar surface area (TPSA) is 12.5 Å². The largest absolute Gasteiger partial charge is 0.377 e. The molecule has 1 aromatic rings. The van der Waals surface area contributed by atoms with Crippen LogP contribution in [0.1, 0.15) is 44.7 Å². The lowest BCUT2D eigenvalue weighted by Crippen LogP contribution is -2.47. The molecule has 1 heterocycles. The Morgan fingerprint density at radius 1 is 1.26 bits per heavy atom. The summed E-state index contributed by atoms with van der Waals surface area (Å²) in [5.41, 5.74) is 1.43. The number of benzene rings is 1. The maximum Gasteiger partial charge on any atom is 0.0730 e. The lowest BCUT2D eigenvalue weighted by Gasteiger charge is -2.42. The first-order valence-corrected chi connectivity index (χ1v) is 7.72. The van der Waals surface area contributed by atoms with E-state index in [-0.39, 0.29) is 0 Å². The Bertz CT molecular complexity index is 405. The van der Waals surface area contributed by atoms with Crippen LogP contribution in [0.2, 0.25) is 0 Å². The van der Waals surface area contributed by atoms with Crippen LogP contribution in [0, 0.1) is 5.92 Å². The predicted molar refractivity (Wildman–Crippen MR) is 78.1 cm³/mol. The van der Waals surface area contributed by atoms with Crippen LogP contribution in [0.4, 0.5) is 0 Å². The van der Waals surface area contributed by atoms with E-state index in [4.69, 9.17) is 4.74 Å². The van der Waals surface area contributed by atoms with Crippen molar-refractivity contribution in [3.8, 4) is 0 Å². The van der Waals surface area contributed by atoms with Gasteiger partial charge in [0.05, 0.1) is 6.10 Å². The summed E-state index contributed by atoms with van der Waals surface area (Å²) in [6.07, 6.45) is 4.50. The van der Waals surface area contributed by atoms with Gasteiger partial charge in [0, 0.05) is 25.2 Å². The van der Waals surface area contributed by atoms with Crippen LogP contribution in [-0.4, -0.2) is 30.2 Å². The fourth-order valence-corrected chi connectivity index (χ4v) is 3.94. The molecular weight excluding hydrogens is 234 g/mol. The van der Waals surface area contributed by atoms with Gasteiger partial charge >= 0.3 is 0 Å². The molecular formula is C17H25NO. The second kappa shape index (κ2) is 5.64. The van der Waals surface area contributed by atoms with E-state index in [0.717, 1.165) is 25.1 Å². The Labute approximate surface area is 116 Å². The molecule has 0 radical (unpaired) electrons. The van der Waals surface area contributed by atoms with Gasteiger partial charge in [-0.1, -0.05) is 30.3 Å². The van der Waals surface area contributed by atoms with E-state index in [2.05, 4.69) is 49.1 Å². The van der Waals surface area contributed by atoms with E-state index in [1.165, 1.54) is 24.8 Å². The van der Waals surface area contributed by atoms with Crippen molar-refractivity contribution in [3.63, 3.8) is 0 Å². The Morgan fingerprint density at radius 2 is 2.05 bits per heavy atom. The molecule has 1 saturated carbocycles. The summed E-state index contributed by atoms with van der Waals surface area (Å²) in [7, 11) is 0. The first kappa shape index (κ1) is 13.1. The van der Waals surface area contributed by atoms with E-state index in [1.807, 2.05) is 0 Å². The molecule has 2 aliphatic rings. The van der Waals surface area contributed by atoms with Gasteiger partial charge in [0.15, 0.2) is 0 Å². The van der Waals surface area contributed by atoms with Gasteiger partial charge in [-0.2, -0.15) is 0 Å². The van der Waals surface area contributed by atoms with Crippen molar-refractivity contribution in [2.24, 2.45) is 5.92 Å². The molecule has 1 aromatic carbocycles. The zero-order valence-corrected chi connectivity index (χ0v) is 12.1. The summed E-state index contributed by atoms with van der Waals surface area (Å²) in [5, 5.41) is 0. The number of piperidine rings is 1. The Kier molecular flexibility index (Phi) is 3.90. The summed E-state index contributed by atoms with van der Waals surface area (Å²) >= 11 is 0. The number of ether oxygens (including phenoxy) is 1. The molecule has 2 heteroatoms. The predicted octanol–water partition coefficient (Wildman–Crippen LogP) is 3.64. The van der Waals surface area contributed by atoms with Crippen LogP contribution in [0.3, 0.4) is 0 Å². The maximum atomic E-state index is 5.99. The number of hydrogen-bond acceptors (Lipinski definition) is 2. The number of likely N-dealkylation sites (tertiary alicyclic amines) is 1. The van der Waals surface area contributed by atoms with Crippen molar-refractivity contribution in [2.45, 2.75) is 51.3 Å². The molecule has 1 aliphatic carbocycles. The van der Waals surface area contributed by atoms with Gasteiger partial charge in [-0.3, -0.25) is 4.90 Å². The monoisotopic (exact) mass is 259 g/mol. The molecule has 1 saturated heterocycles. The molecule has 0 unspecified atom stereocenters. The van der Waals surface area contributed by atoms with Crippen LogP contribution >= 0.6 is 0 Å². The zero-order chi connectivity index (χ0) is 13.2. The van der Waals surface area contributed by atoms with E-state index in [9.17, 15) is 0 Å². The number of hydrogen-bond donors (Lipinski definition) is 0. The number of nitrogens with zero attached hydrogens (tertiary/aromatic N) is 1. The summed E-state index contributed by atoms with van der Waals surface area (Å²) in [4.78, 5) is 2.68. The molecule has 19 heavy (non-hydrogen) atoms. The average Bonchev–Trinajstić information content (AvgIpc) is 2.87. The summed E-state index contributed by atoms with van der Waals surface area (Å²) in [5.74, 6) is 0.809. The highest BCUT2D eigenvalue weighted by Crippen LogP contribution is 2.41. The van der Waals surface area contributed by atoms with Crippen molar-refractivity contribution in [1.82, 2.24) is 4.90 Å². The van der Waals surface area contributed by atoms with Gasteiger partial charge in [0.2, 0.25) is 0 Å². The van der Waals surface area contributed by atoms with Crippen LogP contribution in [-0.2, 0) is 4.74 Å². The van der Waals surface area contributed by atoms with E-state index in [1.54, 1.807) is 0 Å². The molecule has 0 N–H and O–H groups in total. The SMILES string of the molecule is CCO[C@@H]1CN([C@@H](C)c2ccccc2)[C@H]2CC[C@@H]1C2. The summed E-state index contributed by atoms with van der Waals surface area (Å²) in [6, 6.07) is 12.2. The van der Waals surface area contributed by atoms with Gasteiger partial charge in [-0.15, -0.1) is 0 Å². The van der Waals surface area contributed by atoms with Crippen LogP contribution in [0.5, 0.6) is 0 Å². The highest BCUT2D eigenvalue weighted by molar-refractivity contribution is 5.19. The lowest BCUT2D eigenvalue weighted by atomic mass is 9.93. The van der Waals surface area contributed by atoms with Crippen LogP contribution in [0.15, 0.2) is 30.3 Å². The fourth-order valence-electron chi connectivity index (χ4n) is 3.94. The molecule has 0 amide bonds. The Balaban J connectivity index is 1.76. The van der Waals surface area contributed by atoms with Crippen molar-refractivity contribution in [2.75, 3.05) is 13.2 Å². The zero-order valence-electron chi connectivity index (χ0n) is 12.1. The van der Waals surface area contributed by atoms with Gasteiger partial charge in [-0.25, -0.2) is 0 Å². The van der Waals surface area contributed by atoms with E-state index >= 15 is 0 Å². The van der Waals surface area contributed by atoms with Crippen molar-refractivity contribution >= 4 is 0 Å². The van der Waals surface area contributed by atoms with Crippen molar-refractivity contribution < 1.29 is 4.74 Å². The normalized spacial score (nSPS) is 32.4. The summed E-state index contributed by atoms with van der Waals surface area (Å²) < 4.78 is 5.99. The second-order valence-corrected chi connectivity index (χ2v) is 6.00. The molecule has 3 rings (SSSR count). The second-order valence-electron chi connectivity index (χ2n) is 6.00. The molecule has 2 bridgehead atoms. The van der Waals surface area contributed by atoms with Crippen molar-refractivity contribution in [1.29, 1.82) is 0 Å². The molecule has 2 fully saturated rings. The average molecular weight is 259 g/mol. The minimum atomic E-state index is 0.454. The molecule has 2 nitrogen and oxygen atoms in total. The number of fused-ring (bicyclic) bond motifs is 2. The minimum Gasteiger partial charge on any atom is -0.377 e. The molecule has 0 spiro atoms. The maximum absolute atomic E-state index is 5.99. The van der Waals surface area contributed by atoms with E-state index < -0.39 is 0 Å². The van der Waals surface area contributed by atoms with Crippen LogP contribution < -0.4 is 0 Å². The standard InChI is InChI=1S/C17H25NO/c1-3-19-17-12-18(16-10-9-15(17)11-16)13(2)14-7-5-4-6-8-14/h4-8,13,15-17H,3,9-12H2,1-2H3/t13-,15+,16-,17+/m0/s1. The molecule has 4 atom stereocenters. The highest BCUT2D eigenvalue weighted by Gasteiger charge is 2.42. The van der Waals surface area contributed by atoms with Gasteiger partial charge < -0.3 is 4.74 Å². The lowest BCUT2D eigenvalue weighted by molar-refractivity contribution is -0.0419. The number of rotatable bonds is 4. The van der Waals surface area contributed by atoms with Gasteiger partial charge in [0.1, 0.15) is 0 Å². The van der Waals surface area contributed by atoms with E-state index in [0.29, 0.717) is 12.1 Å². The smallest absolute Gasteiger partial charge is 0.0730 e. The van der Waals surface area contributed by atoms with Crippen LogP contribution in [0.25, 0.3) is 0 Å². The third-order valence-electron chi connectivity index (χ3n) is 4.99. The summed E-state index contributed by atoms with van der Waals surface area (Å²) in [6.45, 7) is 6.42. The molecule has 1 aliphatic heterocycles. The first-order chi connectivity index (χ1) is 9.29. The van der Waals surface area contributed by atoms with Crippen molar-refractivity contribution in [3.05, 3.63) is 35.9 Å². The molecule has 104 valence electrons. The van der Waals surface area contributed by atoms with Gasteiger partial charge in [-0.05, 0) is 44.6 Å². The fraction of sp³-hybridized carbons (Fsp3) is 0.647. The van der Waals surface area contributed by atoms with Gasteiger partial charge in [0.25, 0.3) is 0 Å². The Morgan fingerprint density at radius 3 is 2.79 bits per heavy atom. The first-order valence-electron chi connectivity index (χ1n) is 7.72. The quantitative estimate of drug-likeness (QED) is 0.818.